The molecule has 0 atom stereocenters. The molecule has 0 saturated carbocycles. The van der Waals surface area contributed by atoms with Gasteiger partial charge in [0.2, 0.25) is 0 Å². The van der Waals surface area contributed by atoms with Crippen molar-refractivity contribution >= 4 is 10.4 Å². The second-order valence-corrected chi connectivity index (χ2v) is 2.79. The molecule has 0 N–H and O–H groups in total. The molecule has 0 saturated heterocycles. The third-order valence-electron chi connectivity index (χ3n) is 0.648. The second-order valence-electron chi connectivity index (χ2n) is 1.64. The van der Waals surface area contributed by atoms with E-state index in [2.05, 4.69) is 8.37 Å². The van der Waals surface area contributed by atoms with Gasteiger partial charge < -0.3 is 8.37 Å². The largest absolute Gasteiger partial charge is 0.505 e. The van der Waals surface area contributed by atoms with Gasteiger partial charge in [-0.3, -0.25) is 0 Å². The SMILES string of the molecule is O=S(=O)(OC(F)=C(F)F)OC(F)=C(F)F. The first-order valence-corrected chi connectivity index (χ1v) is 4.04. The first-order chi connectivity index (χ1) is 6.65. The van der Waals surface area contributed by atoms with Crippen molar-refractivity contribution in [2.45, 2.75) is 0 Å². The topological polar surface area (TPSA) is 52.6 Å². The molecule has 0 bridgehead atoms. The fourth-order valence-electron chi connectivity index (χ4n) is 0.259. The minimum atomic E-state index is -5.70. The molecule has 0 heterocycles. The summed E-state index contributed by atoms with van der Waals surface area (Å²) in [6.07, 6.45) is -6.38. The van der Waals surface area contributed by atoms with Gasteiger partial charge in [-0.2, -0.15) is 26.3 Å². The zero-order chi connectivity index (χ0) is 12.2. The number of rotatable bonds is 4. The Morgan fingerprint density at radius 1 is 0.733 bits per heavy atom. The molecule has 0 amide bonds. The zero-order valence-corrected chi connectivity index (χ0v) is 7.13. The monoisotopic (exact) mass is 258 g/mol. The maximum atomic E-state index is 11.8. The Bertz CT molecular complexity index is 357. The van der Waals surface area contributed by atoms with Crippen molar-refractivity contribution < 1.29 is 43.1 Å². The van der Waals surface area contributed by atoms with Crippen LogP contribution < -0.4 is 0 Å². The van der Waals surface area contributed by atoms with Crippen LogP contribution in [0.3, 0.4) is 0 Å². The van der Waals surface area contributed by atoms with Crippen molar-refractivity contribution in [1.82, 2.24) is 0 Å². The smallest absolute Gasteiger partial charge is 0.317 e. The van der Waals surface area contributed by atoms with Crippen LogP contribution in [0.2, 0.25) is 0 Å². The van der Waals surface area contributed by atoms with Gasteiger partial charge in [0.15, 0.2) is 0 Å². The predicted octanol–water partition coefficient (Wildman–Crippen LogP) is 2.33. The summed E-state index contributed by atoms with van der Waals surface area (Å²) < 4.78 is 94.5. The highest BCUT2D eigenvalue weighted by atomic mass is 32.3. The average Bonchev–Trinajstić information content (AvgIpc) is 2.01. The van der Waals surface area contributed by atoms with Gasteiger partial charge in [-0.25, -0.2) is 0 Å². The van der Waals surface area contributed by atoms with Gasteiger partial charge in [-0.15, -0.1) is 8.42 Å². The van der Waals surface area contributed by atoms with E-state index in [4.69, 9.17) is 0 Å². The summed E-state index contributed by atoms with van der Waals surface area (Å²) in [7, 11) is -5.70. The fourth-order valence-corrected chi connectivity index (χ4v) is 0.778. The van der Waals surface area contributed by atoms with Crippen LogP contribution in [-0.4, -0.2) is 8.42 Å². The molecular formula is C4F6O4S. The summed E-state index contributed by atoms with van der Waals surface area (Å²) in [5.41, 5.74) is 0. The Morgan fingerprint density at radius 2 is 1.00 bits per heavy atom. The van der Waals surface area contributed by atoms with E-state index >= 15 is 0 Å². The van der Waals surface area contributed by atoms with Crippen molar-refractivity contribution in [2.24, 2.45) is 0 Å². The van der Waals surface area contributed by atoms with E-state index in [0.29, 0.717) is 0 Å². The van der Waals surface area contributed by atoms with Crippen LogP contribution >= 0.6 is 0 Å². The Labute approximate surface area is 78.7 Å². The van der Waals surface area contributed by atoms with Gasteiger partial charge in [-0.1, -0.05) is 0 Å². The van der Waals surface area contributed by atoms with E-state index in [9.17, 15) is 34.8 Å². The number of hydrogen-bond acceptors (Lipinski definition) is 4. The Kier molecular flexibility index (Phi) is 4.45. The molecule has 0 unspecified atom stereocenters. The molecule has 4 nitrogen and oxygen atoms in total. The molecule has 0 aliphatic rings. The molecular weight excluding hydrogens is 258 g/mol. The van der Waals surface area contributed by atoms with Gasteiger partial charge in [0.05, 0.1) is 0 Å². The van der Waals surface area contributed by atoms with E-state index in [1.807, 2.05) is 0 Å². The van der Waals surface area contributed by atoms with Crippen molar-refractivity contribution in [2.75, 3.05) is 0 Å². The lowest BCUT2D eigenvalue weighted by Crippen LogP contribution is -2.08. The normalized spacial score (nSPS) is 10.5. The van der Waals surface area contributed by atoms with Crippen molar-refractivity contribution in [3.05, 3.63) is 24.2 Å². The van der Waals surface area contributed by atoms with Crippen LogP contribution in [0.5, 0.6) is 0 Å². The molecule has 0 aliphatic carbocycles. The molecule has 11 heteroatoms. The highest BCUT2D eigenvalue weighted by molar-refractivity contribution is 7.82. The standard InChI is InChI=1S/C4F6O4S/c5-1(6)3(9)13-15(11,12)14-4(10)2(7)8. The first kappa shape index (κ1) is 13.6. The summed E-state index contributed by atoms with van der Waals surface area (Å²) in [5, 5.41) is 0. The number of hydrogen-bond donors (Lipinski definition) is 0. The summed E-state index contributed by atoms with van der Waals surface area (Å²) in [6.45, 7) is 0. The zero-order valence-electron chi connectivity index (χ0n) is 6.31. The van der Waals surface area contributed by atoms with Crippen LogP contribution in [0.15, 0.2) is 24.2 Å². The molecule has 0 aromatic carbocycles. The molecule has 0 fully saturated rings. The van der Waals surface area contributed by atoms with Crippen LogP contribution in [0.4, 0.5) is 26.3 Å². The lowest BCUT2D eigenvalue weighted by atomic mass is 11.0. The van der Waals surface area contributed by atoms with Gasteiger partial charge in [0, 0.05) is 0 Å². The molecule has 0 rings (SSSR count). The molecule has 0 aromatic rings. The van der Waals surface area contributed by atoms with Crippen LogP contribution in [0, 0.1) is 0 Å². The van der Waals surface area contributed by atoms with Crippen molar-refractivity contribution in [1.29, 1.82) is 0 Å². The second kappa shape index (κ2) is 4.91. The highest BCUT2D eigenvalue weighted by Crippen LogP contribution is 2.19. The minimum absolute atomic E-state index is 2.73. The van der Waals surface area contributed by atoms with E-state index in [-0.39, 0.29) is 0 Å². The summed E-state index contributed by atoms with van der Waals surface area (Å²) in [5.74, 6) is 0. The summed E-state index contributed by atoms with van der Waals surface area (Å²) >= 11 is 0. The van der Waals surface area contributed by atoms with Gasteiger partial charge in [0.1, 0.15) is 0 Å². The molecule has 15 heavy (non-hydrogen) atoms. The molecule has 0 spiro atoms. The van der Waals surface area contributed by atoms with E-state index in [0.717, 1.165) is 0 Å². The third-order valence-corrected chi connectivity index (χ3v) is 1.35. The Hall–Kier alpha value is -1.39. The third kappa shape index (κ3) is 5.15. The fraction of sp³-hybridized carbons (Fsp3) is 0. The van der Waals surface area contributed by atoms with Crippen LogP contribution in [0.25, 0.3) is 0 Å². The van der Waals surface area contributed by atoms with E-state index < -0.39 is 34.6 Å². The quantitative estimate of drug-likeness (QED) is 0.573. The first-order valence-electron chi connectivity index (χ1n) is 2.71. The van der Waals surface area contributed by atoms with Crippen LogP contribution in [-0.2, 0) is 18.8 Å². The van der Waals surface area contributed by atoms with Crippen LogP contribution in [0.1, 0.15) is 0 Å². The van der Waals surface area contributed by atoms with Crippen molar-refractivity contribution in [3.63, 3.8) is 0 Å². The average molecular weight is 258 g/mol. The molecule has 88 valence electrons. The van der Waals surface area contributed by atoms with Crippen molar-refractivity contribution in [3.8, 4) is 0 Å². The van der Waals surface area contributed by atoms with Gasteiger partial charge in [0.25, 0.3) is 0 Å². The molecule has 0 aliphatic heterocycles. The molecule has 0 aromatic heterocycles. The Balaban J connectivity index is 4.76. The summed E-state index contributed by atoms with van der Waals surface area (Å²) in [6, 6.07) is -5.83. The predicted molar refractivity (Wildman–Crippen MR) is 31.8 cm³/mol. The lowest BCUT2D eigenvalue weighted by Gasteiger charge is -2.01. The van der Waals surface area contributed by atoms with E-state index in [1.165, 1.54) is 0 Å². The minimum Gasteiger partial charge on any atom is -0.317 e. The number of halogens is 6. The maximum absolute atomic E-state index is 11.8. The van der Waals surface area contributed by atoms with Gasteiger partial charge >= 0.3 is 34.6 Å². The maximum Gasteiger partial charge on any atom is 0.505 e. The highest BCUT2D eigenvalue weighted by Gasteiger charge is 2.24. The Morgan fingerprint density at radius 3 is 1.20 bits per heavy atom. The van der Waals surface area contributed by atoms with E-state index in [1.54, 1.807) is 0 Å². The van der Waals surface area contributed by atoms with Gasteiger partial charge in [-0.05, 0) is 0 Å². The molecule has 0 radical (unpaired) electrons. The lowest BCUT2D eigenvalue weighted by molar-refractivity contribution is 0.180. The summed E-state index contributed by atoms with van der Waals surface area (Å²) in [4.78, 5) is 0.